The van der Waals surface area contributed by atoms with Crippen LogP contribution in [0, 0.1) is 13.8 Å². The molecule has 0 saturated heterocycles. The molecule has 10 heteroatoms. The van der Waals surface area contributed by atoms with Gasteiger partial charge in [-0.15, -0.1) is 20.5 Å². The number of hydrogen-bond donors (Lipinski definition) is 2. The van der Waals surface area contributed by atoms with Gasteiger partial charge in [0.05, 0.1) is 38.0 Å². The van der Waals surface area contributed by atoms with Crippen LogP contribution < -0.4 is 9.47 Å². The number of nitrogens with one attached hydrogen (secondary N) is 2. The van der Waals surface area contributed by atoms with Gasteiger partial charge in [-0.2, -0.15) is 0 Å². The number of nitrogens with zero attached hydrogens (tertiary/aromatic N) is 6. The molecule has 2 aromatic carbocycles. The minimum Gasteiger partial charge on any atom is -0.497 e. The zero-order valence-corrected chi connectivity index (χ0v) is 18.3. The van der Waals surface area contributed by atoms with E-state index in [1.807, 2.05) is 62.4 Å². The van der Waals surface area contributed by atoms with Crippen molar-refractivity contribution in [3.05, 3.63) is 72.6 Å². The van der Waals surface area contributed by atoms with Gasteiger partial charge >= 0.3 is 0 Å². The second-order valence-corrected chi connectivity index (χ2v) is 6.50. The molecular formula is C22H24N8O2. The molecule has 164 valence electrons. The first-order valence-corrected chi connectivity index (χ1v) is 9.70. The van der Waals surface area contributed by atoms with Crippen molar-refractivity contribution in [2.45, 2.75) is 13.8 Å². The fourth-order valence-electron chi connectivity index (χ4n) is 2.44. The average molecular weight is 432 g/mol. The number of hydrogen-bond acceptors (Lipinski definition) is 8. The molecule has 0 atom stereocenters. The highest BCUT2D eigenvalue weighted by Gasteiger charge is 1.96. The van der Waals surface area contributed by atoms with E-state index in [9.17, 15) is 0 Å². The lowest BCUT2D eigenvalue weighted by molar-refractivity contribution is 0.414. The number of ether oxygens (including phenoxy) is 2. The summed E-state index contributed by atoms with van der Waals surface area (Å²) in [7, 11) is 3.26. The molecule has 2 heterocycles. The van der Waals surface area contributed by atoms with Gasteiger partial charge in [-0.05, 0) is 62.4 Å². The van der Waals surface area contributed by atoms with Crippen LogP contribution in [0.1, 0.15) is 11.6 Å². The van der Waals surface area contributed by atoms with Crippen molar-refractivity contribution in [1.82, 2.24) is 19.9 Å². The maximum atomic E-state index is 5.05. The number of azo groups is 2. The molecule has 0 aliphatic rings. The Morgan fingerprint density at radius 2 is 0.969 bits per heavy atom. The van der Waals surface area contributed by atoms with Crippen LogP contribution in [0.25, 0.3) is 0 Å². The third kappa shape index (κ3) is 6.87. The van der Waals surface area contributed by atoms with Crippen molar-refractivity contribution in [3.63, 3.8) is 0 Å². The molecule has 0 amide bonds. The molecule has 10 nitrogen and oxygen atoms in total. The van der Waals surface area contributed by atoms with Crippen LogP contribution in [-0.4, -0.2) is 34.2 Å². The number of H-pyrrole nitrogens is 2. The molecule has 0 saturated carbocycles. The molecule has 0 fully saturated rings. The minimum atomic E-state index is 0.647. The van der Waals surface area contributed by atoms with Crippen molar-refractivity contribution in [3.8, 4) is 11.5 Å². The maximum absolute atomic E-state index is 5.05. The molecular weight excluding hydrogens is 408 g/mol. The Balaban J connectivity index is 0.000000181. The topological polar surface area (TPSA) is 125 Å². The van der Waals surface area contributed by atoms with Crippen molar-refractivity contribution >= 4 is 23.0 Å². The highest BCUT2D eigenvalue weighted by Crippen LogP contribution is 2.21. The lowest BCUT2D eigenvalue weighted by atomic mass is 10.3. The van der Waals surface area contributed by atoms with E-state index in [1.165, 1.54) is 0 Å². The molecule has 2 N–H and O–H groups in total. The first-order chi connectivity index (χ1) is 15.6. The van der Waals surface area contributed by atoms with E-state index in [2.05, 4.69) is 40.4 Å². The number of rotatable bonds is 6. The summed E-state index contributed by atoms with van der Waals surface area (Å²) < 4.78 is 10.1. The maximum Gasteiger partial charge on any atom is 0.172 e. The van der Waals surface area contributed by atoms with E-state index in [4.69, 9.17) is 9.47 Å². The zero-order valence-electron chi connectivity index (χ0n) is 18.3. The van der Waals surface area contributed by atoms with Crippen LogP contribution in [0.15, 0.2) is 81.4 Å². The Hall–Kier alpha value is -4.34. The van der Waals surface area contributed by atoms with Gasteiger partial charge in [0.25, 0.3) is 0 Å². The standard InChI is InChI=1S/2C11H12N4O/c2*1-8-12-7-11(13-8)15-14-9-3-5-10(16-2)6-4-9/h2*3-7H,1-2H3,(H,12,13). The molecule has 0 unspecified atom stereocenters. The Morgan fingerprint density at radius 3 is 1.25 bits per heavy atom. The van der Waals surface area contributed by atoms with Gasteiger partial charge in [0.2, 0.25) is 0 Å². The summed E-state index contributed by atoms with van der Waals surface area (Å²) in [5.41, 5.74) is 1.54. The number of aryl methyl sites for hydroxylation is 2. The quantitative estimate of drug-likeness (QED) is 0.347. The second-order valence-electron chi connectivity index (χ2n) is 6.50. The van der Waals surface area contributed by atoms with Gasteiger partial charge in [0.15, 0.2) is 11.6 Å². The highest BCUT2D eigenvalue weighted by molar-refractivity contribution is 5.42. The van der Waals surface area contributed by atoms with Crippen molar-refractivity contribution in [2.75, 3.05) is 14.2 Å². The first kappa shape index (κ1) is 22.3. The smallest absolute Gasteiger partial charge is 0.172 e. The summed E-state index contributed by atoms with van der Waals surface area (Å²) in [5.74, 6) is 4.54. The van der Waals surface area contributed by atoms with Crippen molar-refractivity contribution in [2.24, 2.45) is 20.5 Å². The van der Waals surface area contributed by atoms with Gasteiger partial charge in [0, 0.05) is 0 Å². The van der Waals surface area contributed by atoms with Gasteiger partial charge in [-0.25, -0.2) is 9.97 Å². The number of aromatic nitrogens is 4. The third-order valence-corrected chi connectivity index (χ3v) is 4.07. The summed E-state index contributed by atoms with van der Waals surface area (Å²) in [6.07, 6.45) is 3.28. The van der Waals surface area contributed by atoms with E-state index in [-0.39, 0.29) is 0 Å². The largest absolute Gasteiger partial charge is 0.497 e. The molecule has 0 bridgehead atoms. The summed E-state index contributed by atoms with van der Waals surface area (Å²) in [6, 6.07) is 14.7. The molecule has 0 aliphatic heterocycles. The summed E-state index contributed by atoms with van der Waals surface area (Å²) in [6.45, 7) is 3.73. The molecule has 4 aromatic rings. The van der Waals surface area contributed by atoms with Gasteiger partial charge in [-0.1, -0.05) is 0 Å². The fourth-order valence-corrected chi connectivity index (χ4v) is 2.44. The molecule has 2 aromatic heterocycles. The Kier molecular flexibility index (Phi) is 7.79. The SMILES string of the molecule is COc1ccc(N=Nc2cnc(C)[nH]2)cc1.COc1ccc(N=Nc2cnc(C)[nH]2)cc1. The fraction of sp³-hybridized carbons (Fsp3) is 0.182. The molecule has 0 aliphatic carbocycles. The van der Waals surface area contributed by atoms with Crippen LogP contribution in [0.2, 0.25) is 0 Å². The zero-order chi connectivity index (χ0) is 22.8. The summed E-state index contributed by atoms with van der Waals surface area (Å²) in [4.78, 5) is 14.0. The molecule has 0 radical (unpaired) electrons. The van der Waals surface area contributed by atoms with E-state index in [0.29, 0.717) is 11.6 Å². The lowest BCUT2D eigenvalue weighted by Gasteiger charge is -1.97. The van der Waals surface area contributed by atoms with E-state index in [0.717, 1.165) is 34.5 Å². The highest BCUT2D eigenvalue weighted by atomic mass is 16.5. The third-order valence-electron chi connectivity index (χ3n) is 4.07. The summed E-state index contributed by atoms with van der Waals surface area (Å²) in [5, 5.41) is 16.2. The van der Waals surface area contributed by atoms with Crippen LogP contribution in [0.5, 0.6) is 11.5 Å². The normalized spacial score (nSPS) is 10.9. The van der Waals surface area contributed by atoms with Crippen molar-refractivity contribution in [1.29, 1.82) is 0 Å². The first-order valence-electron chi connectivity index (χ1n) is 9.70. The predicted octanol–water partition coefficient (Wildman–Crippen LogP) is 6.28. The lowest BCUT2D eigenvalue weighted by Crippen LogP contribution is -1.79. The molecule has 32 heavy (non-hydrogen) atoms. The number of benzene rings is 2. The minimum absolute atomic E-state index is 0.647. The average Bonchev–Trinajstić information content (AvgIpc) is 3.45. The number of imidazole rings is 2. The van der Waals surface area contributed by atoms with Gasteiger partial charge in [0.1, 0.15) is 23.1 Å². The van der Waals surface area contributed by atoms with Crippen molar-refractivity contribution < 1.29 is 9.47 Å². The second kappa shape index (κ2) is 11.2. The van der Waals surface area contributed by atoms with Crippen LogP contribution >= 0.6 is 0 Å². The monoisotopic (exact) mass is 432 g/mol. The number of aromatic amines is 2. The van der Waals surface area contributed by atoms with Crippen LogP contribution in [0.4, 0.5) is 23.0 Å². The number of methoxy groups -OCH3 is 2. The molecule has 4 rings (SSSR count). The Morgan fingerprint density at radius 1 is 0.594 bits per heavy atom. The van der Waals surface area contributed by atoms with Crippen LogP contribution in [-0.2, 0) is 0 Å². The van der Waals surface area contributed by atoms with E-state index >= 15 is 0 Å². The van der Waals surface area contributed by atoms with E-state index in [1.54, 1.807) is 26.6 Å². The van der Waals surface area contributed by atoms with E-state index < -0.39 is 0 Å². The predicted molar refractivity (Wildman–Crippen MR) is 121 cm³/mol. The van der Waals surface area contributed by atoms with Crippen LogP contribution in [0.3, 0.4) is 0 Å². The molecule has 0 spiro atoms. The van der Waals surface area contributed by atoms with Gasteiger partial charge < -0.3 is 19.4 Å². The summed E-state index contributed by atoms with van der Waals surface area (Å²) >= 11 is 0. The Bertz CT molecular complexity index is 1070. The van der Waals surface area contributed by atoms with Gasteiger partial charge in [-0.3, -0.25) is 0 Å². The Labute approximate surface area is 185 Å².